The zero-order chi connectivity index (χ0) is 21.5. The summed E-state index contributed by atoms with van der Waals surface area (Å²) >= 11 is 0. The molecule has 158 valence electrons. The molecule has 1 amide bonds. The van der Waals surface area contributed by atoms with E-state index in [0.717, 1.165) is 12.8 Å². The summed E-state index contributed by atoms with van der Waals surface area (Å²) in [6.07, 6.45) is 5.20. The highest BCUT2D eigenvalue weighted by atomic mass is 16.5. The van der Waals surface area contributed by atoms with Gasteiger partial charge in [0.05, 0.1) is 24.8 Å². The minimum absolute atomic E-state index is 0.0451. The molecule has 1 aromatic heterocycles. The van der Waals surface area contributed by atoms with Crippen LogP contribution >= 0.6 is 0 Å². The molecule has 0 bridgehead atoms. The number of aromatic nitrogens is 1. The number of ketones is 1. The van der Waals surface area contributed by atoms with Gasteiger partial charge in [0.2, 0.25) is 0 Å². The standard InChI is InChI=1S/C23H26N2O5/c1-3-4-13-30-18-9-7-16(8-10-18)21(26)19-20(17-6-5-11-24-15-17)25(12-14-29-2)23(28)22(19)27/h5-11,15,20,26H,3-4,12-14H2,1-2H3/b21-19-. The Labute approximate surface area is 175 Å². The molecule has 1 aliphatic rings. The first kappa shape index (κ1) is 21.5. The average molecular weight is 410 g/mol. The molecule has 1 aromatic carbocycles. The largest absolute Gasteiger partial charge is 0.507 e. The molecule has 2 heterocycles. The van der Waals surface area contributed by atoms with Gasteiger partial charge in [-0.3, -0.25) is 14.6 Å². The van der Waals surface area contributed by atoms with E-state index in [9.17, 15) is 14.7 Å². The van der Waals surface area contributed by atoms with Gasteiger partial charge in [-0.05, 0) is 42.3 Å². The lowest BCUT2D eigenvalue weighted by molar-refractivity contribution is -0.140. The van der Waals surface area contributed by atoms with Crippen molar-refractivity contribution in [2.24, 2.45) is 0 Å². The first-order chi connectivity index (χ1) is 14.6. The Morgan fingerprint density at radius 1 is 1.17 bits per heavy atom. The average Bonchev–Trinajstić information content (AvgIpc) is 3.03. The van der Waals surface area contributed by atoms with Crippen molar-refractivity contribution in [1.82, 2.24) is 9.88 Å². The number of amides is 1. The van der Waals surface area contributed by atoms with E-state index in [1.807, 2.05) is 0 Å². The Kier molecular flexibility index (Phi) is 7.19. The maximum atomic E-state index is 12.8. The van der Waals surface area contributed by atoms with Crippen molar-refractivity contribution in [2.75, 3.05) is 26.9 Å². The van der Waals surface area contributed by atoms with Gasteiger partial charge in [0.1, 0.15) is 11.5 Å². The summed E-state index contributed by atoms with van der Waals surface area (Å²) in [6, 6.07) is 9.62. The van der Waals surface area contributed by atoms with Crippen molar-refractivity contribution in [3.8, 4) is 5.75 Å². The molecule has 7 nitrogen and oxygen atoms in total. The van der Waals surface area contributed by atoms with E-state index in [0.29, 0.717) is 23.5 Å². The second-order valence-corrected chi connectivity index (χ2v) is 7.00. The summed E-state index contributed by atoms with van der Waals surface area (Å²) < 4.78 is 10.7. The number of methoxy groups -OCH3 is 1. The van der Waals surface area contributed by atoms with Crippen LogP contribution in [0.15, 0.2) is 54.4 Å². The first-order valence-electron chi connectivity index (χ1n) is 9.99. The van der Waals surface area contributed by atoms with Crippen molar-refractivity contribution < 1.29 is 24.2 Å². The molecule has 1 saturated heterocycles. The van der Waals surface area contributed by atoms with Gasteiger partial charge >= 0.3 is 0 Å². The van der Waals surface area contributed by atoms with E-state index in [-0.39, 0.29) is 24.5 Å². The van der Waals surface area contributed by atoms with Crippen LogP contribution in [0.4, 0.5) is 0 Å². The topological polar surface area (TPSA) is 89.0 Å². The number of hydrogen-bond acceptors (Lipinski definition) is 6. The predicted octanol–water partition coefficient (Wildman–Crippen LogP) is 3.33. The van der Waals surface area contributed by atoms with Crippen LogP contribution in [0.3, 0.4) is 0 Å². The molecule has 30 heavy (non-hydrogen) atoms. The molecule has 0 saturated carbocycles. The molecule has 2 aromatic rings. The number of ether oxygens (including phenoxy) is 2. The lowest BCUT2D eigenvalue weighted by Crippen LogP contribution is -2.32. The lowest BCUT2D eigenvalue weighted by Gasteiger charge is -2.24. The highest BCUT2D eigenvalue weighted by molar-refractivity contribution is 6.46. The third kappa shape index (κ3) is 4.52. The Balaban J connectivity index is 1.98. The van der Waals surface area contributed by atoms with Crippen molar-refractivity contribution in [3.63, 3.8) is 0 Å². The number of pyridine rings is 1. The van der Waals surface area contributed by atoms with Crippen LogP contribution in [-0.2, 0) is 14.3 Å². The maximum absolute atomic E-state index is 12.8. The predicted molar refractivity (Wildman–Crippen MR) is 112 cm³/mol. The molecule has 0 radical (unpaired) electrons. The van der Waals surface area contributed by atoms with E-state index in [1.165, 1.54) is 12.0 Å². The maximum Gasteiger partial charge on any atom is 0.295 e. The number of hydrogen-bond donors (Lipinski definition) is 1. The lowest BCUT2D eigenvalue weighted by atomic mass is 9.96. The third-order valence-corrected chi connectivity index (χ3v) is 4.97. The summed E-state index contributed by atoms with van der Waals surface area (Å²) in [5.74, 6) is -0.922. The van der Waals surface area contributed by atoms with E-state index < -0.39 is 17.7 Å². The molecule has 0 aliphatic carbocycles. The molecule has 0 spiro atoms. The van der Waals surface area contributed by atoms with Gasteiger partial charge in [-0.2, -0.15) is 0 Å². The molecule has 3 rings (SSSR count). The fourth-order valence-corrected chi connectivity index (χ4v) is 3.38. The molecule has 1 fully saturated rings. The van der Waals surface area contributed by atoms with Gasteiger partial charge in [0, 0.05) is 31.6 Å². The molecule has 1 N–H and O–H groups in total. The monoisotopic (exact) mass is 410 g/mol. The Hall–Kier alpha value is -3.19. The highest BCUT2D eigenvalue weighted by Crippen LogP contribution is 2.39. The van der Waals surface area contributed by atoms with Crippen molar-refractivity contribution >= 4 is 17.4 Å². The molecule has 1 unspecified atom stereocenters. The number of Topliss-reactive ketones (excluding diaryl/α,β-unsaturated/α-hetero) is 1. The second kappa shape index (κ2) is 10.0. The van der Waals surface area contributed by atoms with Gasteiger partial charge in [0.15, 0.2) is 0 Å². The van der Waals surface area contributed by atoms with Crippen LogP contribution in [0.1, 0.15) is 36.9 Å². The van der Waals surface area contributed by atoms with Crippen LogP contribution in [0.5, 0.6) is 5.75 Å². The van der Waals surface area contributed by atoms with Crippen molar-refractivity contribution in [1.29, 1.82) is 0 Å². The van der Waals surface area contributed by atoms with Crippen LogP contribution in [0.25, 0.3) is 5.76 Å². The van der Waals surface area contributed by atoms with Crippen LogP contribution < -0.4 is 4.74 Å². The Morgan fingerprint density at radius 2 is 1.93 bits per heavy atom. The first-order valence-corrected chi connectivity index (χ1v) is 9.99. The van der Waals surface area contributed by atoms with Gasteiger partial charge in [-0.25, -0.2) is 0 Å². The van der Waals surface area contributed by atoms with Crippen LogP contribution in [-0.4, -0.2) is 53.5 Å². The molecule has 7 heteroatoms. The summed E-state index contributed by atoms with van der Waals surface area (Å²) in [6.45, 7) is 3.20. The molecular formula is C23H26N2O5. The van der Waals surface area contributed by atoms with Gasteiger partial charge < -0.3 is 19.5 Å². The summed E-state index contributed by atoms with van der Waals surface area (Å²) in [5, 5.41) is 11.0. The number of unbranched alkanes of at least 4 members (excludes halogenated alkanes) is 1. The number of rotatable bonds is 9. The van der Waals surface area contributed by atoms with E-state index in [2.05, 4.69) is 11.9 Å². The van der Waals surface area contributed by atoms with Crippen LogP contribution in [0, 0.1) is 0 Å². The minimum Gasteiger partial charge on any atom is -0.507 e. The molecule has 1 atom stereocenters. The highest BCUT2D eigenvalue weighted by Gasteiger charge is 2.45. The molecule has 1 aliphatic heterocycles. The zero-order valence-electron chi connectivity index (χ0n) is 17.2. The number of aliphatic hydroxyl groups is 1. The number of nitrogens with zero attached hydrogens (tertiary/aromatic N) is 2. The van der Waals surface area contributed by atoms with E-state index >= 15 is 0 Å². The van der Waals surface area contributed by atoms with Gasteiger partial charge in [-0.1, -0.05) is 19.4 Å². The fraction of sp³-hybridized carbons (Fsp3) is 0.348. The normalized spacial score (nSPS) is 18.1. The van der Waals surface area contributed by atoms with E-state index in [1.54, 1.807) is 48.8 Å². The molecular weight excluding hydrogens is 384 g/mol. The number of carbonyl (C=O) groups excluding carboxylic acids is 2. The smallest absolute Gasteiger partial charge is 0.295 e. The fourth-order valence-electron chi connectivity index (χ4n) is 3.38. The Morgan fingerprint density at radius 3 is 2.57 bits per heavy atom. The minimum atomic E-state index is -0.727. The van der Waals surface area contributed by atoms with Crippen molar-refractivity contribution in [3.05, 3.63) is 65.5 Å². The number of aliphatic hydroxyl groups excluding tert-OH is 1. The van der Waals surface area contributed by atoms with Crippen LogP contribution in [0.2, 0.25) is 0 Å². The quantitative estimate of drug-likeness (QED) is 0.295. The zero-order valence-corrected chi connectivity index (χ0v) is 17.2. The van der Waals surface area contributed by atoms with Gasteiger partial charge in [-0.15, -0.1) is 0 Å². The summed E-state index contributed by atoms with van der Waals surface area (Å²) in [7, 11) is 1.53. The summed E-state index contributed by atoms with van der Waals surface area (Å²) in [4.78, 5) is 31.0. The number of benzene rings is 1. The van der Waals surface area contributed by atoms with Gasteiger partial charge in [0.25, 0.3) is 11.7 Å². The summed E-state index contributed by atoms with van der Waals surface area (Å²) in [5.41, 5.74) is 1.13. The van der Waals surface area contributed by atoms with Crippen molar-refractivity contribution in [2.45, 2.75) is 25.8 Å². The SMILES string of the molecule is CCCCOc1ccc(/C(O)=C2/C(=O)C(=O)N(CCOC)C2c2cccnc2)cc1. The van der Waals surface area contributed by atoms with E-state index in [4.69, 9.17) is 9.47 Å². The third-order valence-electron chi connectivity index (χ3n) is 4.97. The second-order valence-electron chi connectivity index (χ2n) is 7.00. The number of likely N-dealkylation sites (tertiary alicyclic amines) is 1. The number of carbonyl (C=O) groups is 2. The Bertz CT molecular complexity index is 909.